The van der Waals surface area contributed by atoms with Gasteiger partial charge in [-0.2, -0.15) is 0 Å². The van der Waals surface area contributed by atoms with Gasteiger partial charge < -0.3 is 9.80 Å². The van der Waals surface area contributed by atoms with Crippen LogP contribution in [0.2, 0.25) is 0 Å². The van der Waals surface area contributed by atoms with E-state index in [0.29, 0.717) is 26.2 Å². The molecule has 2 aliphatic heterocycles. The maximum absolute atomic E-state index is 12.9. The Morgan fingerprint density at radius 1 is 0.818 bits per heavy atom. The highest BCUT2D eigenvalue weighted by molar-refractivity contribution is 5.95. The molecule has 2 amide bonds. The molecule has 0 aromatic rings. The van der Waals surface area contributed by atoms with E-state index in [1.807, 2.05) is 51.3 Å². The summed E-state index contributed by atoms with van der Waals surface area (Å²) < 4.78 is 0. The van der Waals surface area contributed by atoms with Crippen LogP contribution in [-0.2, 0) is 14.4 Å². The van der Waals surface area contributed by atoms with Crippen LogP contribution in [0.5, 0.6) is 0 Å². The summed E-state index contributed by atoms with van der Waals surface area (Å²) >= 11 is 0. The van der Waals surface area contributed by atoms with Crippen molar-refractivity contribution in [3.8, 4) is 0 Å². The number of rotatable bonds is 2. The first-order valence-corrected chi connectivity index (χ1v) is 8.13. The first-order chi connectivity index (χ1) is 10.00. The number of fused-ring (bicyclic) bond motifs is 2. The third kappa shape index (κ3) is 2.66. The SMILES string of the molecule is CC(C)C(=O)N1CC2(C)CN(C(=O)C(C)C)CC(C)(C1)C2=O. The third-order valence-electron chi connectivity index (χ3n) is 4.87. The number of carbonyl (C=O) groups is 3. The lowest BCUT2D eigenvalue weighted by Gasteiger charge is -2.55. The predicted molar refractivity (Wildman–Crippen MR) is 84.1 cm³/mol. The van der Waals surface area contributed by atoms with Gasteiger partial charge in [0.2, 0.25) is 11.8 Å². The summed E-state index contributed by atoms with van der Waals surface area (Å²) in [5.74, 6) is 0.229. The summed E-state index contributed by atoms with van der Waals surface area (Å²) in [4.78, 5) is 41.3. The molecule has 0 atom stereocenters. The zero-order valence-corrected chi connectivity index (χ0v) is 14.6. The number of likely N-dealkylation sites (tertiary alicyclic amines) is 2. The van der Waals surface area contributed by atoms with E-state index in [9.17, 15) is 14.4 Å². The molecule has 0 unspecified atom stereocenters. The first kappa shape index (κ1) is 17.0. The standard InChI is InChI=1S/C17H28N2O3/c1-11(2)13(20)18-7-16(5)9-19(14(21)12(3)4)10-17(6,8-18)15(16)22/h11-12H,7-10H2,1-6H3. The van der Waals surface area contributed by atoms with Crippen molar-refractivity contribution in [3.05, 3.63) is 0 Å². The zero-order chi connectivity index (χ0) is 16.9. The van der Waals surface area contributed by atoms with Crippen LogP contribution >= 0.6 is 0 Å². The maximum atomic E-state index is 12.9. The van der Waals surface area contributed by atoms with Gasteiger partial charge in [-0.15, -0.1) is 0 Å². The predicted octanol–water partition coefficient (Wildman–Crippen LogP) is 1.56. The van der Waals surface area contributed by atoms with Crippen molar-refractivity contribution in [1.82, 2.24) is 9.80 Å². The monoisotopic (exact) mass is 308 g/mol. The second kappa shape index (κ2) is 5.36. The van der Waals surface area contributed by atoms with E-state index in [-0.39, 0.29) is 29.4 Å². The summed E-state index contributed by atoms with van der Waals surface area (Å²) in [7, 11) is 0. The fraction of sp³-hybridized carbons (Fsp3) is 0.824. The molecule has 2 saturated heterocycles. The minimum absolute atomic E-state index is 0.0745. The van der Waals surface area contributed by atoms with E-state index < -0.39 is 10.8 Å². The molecular weight excluding hydrogens is 280 g/mol. The van der Waals surface area contributed by atoms with Crippen molar-refractivity contribution >= 4 is 17.6 Å². The number of ketones is 1. The largest absolute Gasteiger partial charge is 0.340 e. The minimum Gasteiger partial charge on any atom is -0.340 e. The van der Waals surface area contributed by atoms with Gasteiger partial charge in [0.15, 0.2) is 5.78 Å². The normalized spacial score (nSPS) is 31.9. The Morgan fingerprint density at radius 3 is 1.32 bits per heavy atom. The van der Waals surface area contributed by atoms with Crippen molar-refractivity contribution in [2.75, 3.05) is 26.2 Å². The fourth-order valence-electron chi connectivity index (χ4n) is 3.95. The fourth-order valence-corrected chi connectivity index (χ4v) is 3.95. The highest BCUT2D eigenvalue weighted by atomic mass is 16.2. The van der Waals surface area contributed by atoms with E-state index in [4.69, 9.17) is 0 Å². The average molecular weight is 308 g/mol. The molecule has 0 saturated carbocycles. The summed E-state index contributed by atoms with van der Waals surface area (Å²) in [5.41, 5.74) is -1.30. The summed E-state index contributed by atoms with van der Waals surface area (Å²) in [6.07, 6.45) is 0. The number of Topliss-reactive ketones (excluding diaryl/α,β-unsaturated/α-hetero) is 1. The Labute approximate surface area is 133 Å². The van der Waals surface area contributed by atoms with Crippen molar-refractivity contribution in [2.45, 2.75) is 41.5 Å². The number of nitrogens with zero attached hydrogens (tertiary/aromatic N) is 2. The van der Waals surface area contributed by atoms with Crippen molar-refractivity contribution in [2.24, 2.45) is 22.7 Å². The molecule has 5 nitrogen and oxygen atoms in total. The second-order valence-corrected chi connectivity index (χ2v) is 8.15. The van der Waals surface area contributed by atoms with E-state index in [0.717, 1.165) is 0 Å². The van der Waals surface area contributed by atoms with E-state index >= 15 is 0 Å². The van der Waals surface area contributed by atoms with E-state index in [1.54, 1.807) is 0 Å². The van der Waals surface area contributed by atoms with Crippen LogP contribution in [0.25, 0.3) is 0 Å². The Balaban J connectivity index is 2.31. The van der Waals surface area contributed by atoms with Gasteiger partial charge >= 0.3 is 0 Å². The van der Waals surface area contributed by atoms with Gasteiger partial charge in [0.05, 0.1) is 10.8 Å². The van der Waals surface area contributed by atoms with Crippen molar-refractivity contribution < 1.29 is 14.4 Å². The van der Waals surface area contributed by atoms with Gasteiger partial charge in [-0.1, -0.05) is 27.7 Å². The Morgan fingerprint density at radius 2 is 1.09 bits per heavy atom. The Kier molecular flexibility index (Phi) is 4.13. The van der Waals surface area contributed by atoms with Crippen LogP contribution in [0.15, 0.2) is 0 Å². The quantitative estimate of drug-likeness (QED) is 0.778. The Bertz CT molecular complexity index is 454. The molecule has 0 radical (unpaired) electrons. The third-order valence-corrected chi connectivity index (χ3v) is 4.87. The van der Waals surface area contributed by atoms with Crippen LogP contribution in [0, 0.1) is 22.7 Å². The van der Waals surface area contributed by atoms with Gasteiger partial charge in [0, 0.05) is 38.0 Å². The van der Waals surface area contributed by atoms with Gasteiger partial charge in [0.25, 0.3) is 0 Å². The Hall–Kier alpha value is -1.39. The minimum atomic E-state index is -0.652. The molecule has 0 N–H and O–H groups in total. The van der Waals surface area contributed by atoms with E-state index in [1.165, 1.54) is 0 Å². The lowest BCUT2D eigenvalue weighted by atomic mass is 9.64. The molecule has 2 bridgehead atoms. The van der Waals surface area contributed by atoms with Gasteiger partial charge in [-0.05, 0) is 13.8 Å². The molecule has 22 heavy (non-hydrogen) atoms. The number of piperidine rings is 2. The lowest BCUT2D eigenvalue weighted by Crippen LogP contribution is -2.70. The molecule has 2 fully saturated rings. The van der Waals surface area contributed by atoms with Crippen molar-refractivity contribution in [3.63, 3.8) is 0 Å². The molecule has 0 aromatic carbocycles. The average Bonchev–Trinajstić information content (AvgIpc) is 2.40. The highest BCUT2D eigenvalue weighted by Crippen LogP contribution is 2.43. The number of hydrogen-bond acceptors (Lipinski definition) is 3. The molecule has 5 heteroatoms. The van der Waals surface area contributed by atoms with Gasteiger partial charge in [0.1, 0.15) is 0 Å². The molecule has 0 spiro atoms. The lowest BCUT2D eigenvalue weighted by molar-refractivity contribution is -0.168. The van der Waals surface area contributed by atoms with Crippen LogP contribution < -0.4 is 0 Å². The highest BCUT2D eigenvalue weighted by Gasteiger charge is 2.57. The summed E-state index contributed by atoms with van der Waals surface area (Å²) in [6.45, 7) is 13.0. The summed E-state index contributed by atoms with van der Waals surface area (Å²) in [5, 5.41) is 0. The number of carbonyl (C=O) groups excluding carboxylic acids is 3. The van der Waals surface area contributed by atoms with Crippen LogP contribution in [-0.4, -0.2) is 53.6 Å². The summed E-state index contributed by atoms with van der Waals surface area (Å²) in [6, 6.07) is 0. The second-order valence-electron chi connectivity index (χ2n) is 8.15. The van der Waals surface area contributed by atoms with Crippen LogP contribution in [0.3, 0.4) is 0 Å². The molecule has 0 aliphatic carbocycles. The van der Waals surface area contributed by atoms with Gasteiger partial charge in [-0.3, -0.25) is 14.4 Å². The van der Waals surface area contributed by atoms with Crippen LogP contribution in [0.4, 0.5) is 0 Å². The smallest absolute Gasteiger partial charge is 0.225 e. The van der Waals surface area contributed by atoms with E-state index in [2.05, 4.69) is 0 Å². The molecular formula is C17H28N2O3. The molecule has 2 heterocycles. The number of amides is 2. The maximum Gasteiger partial charge on any atom is 0.225 e. The number of hydrogen-bond donors (Lipinski definition) is 0. The molecule has 2 aliphatic rings. The molecule has 124 valence electrons. The van der Waals surface area contributed by atoms with Crippen LogP contribution in [0.1, 0.15) is 41.5 Å². The molecule has 2 rings (SSSR count). The topological polar surface area (TPSA) is 57.7 Å². The first-order valence-electron chi connectivity index (χ1n) is 8.13. The zero-order valence-electron chi connectivity index (χ0n) is 14.6. The molecule has 0 aromatic heterocycles. The van der Waals surface area contributed by atoms with Crippen molar-refractivity contribution in [1.29, 1.82) is 0 Å². The van der Waals surface area contributed by atoms with Gasteiger partial charge in [-0.25, -0.2) is 0 Å².